The van der Waals surface area contributed by atoms with E-state index in [9.17, 15) is 14.4 Å². The van der Waals surface area contributed by atoms with Gasteiger partial charge < -0.3 is 9.94 Å². The lowest BCUT2D eigenvalue weighted by molar-refractivity contribution is -0.204. The Morgan fingerprint density at radius 1 is 1.14 bits per heavy atom. The van der Waals surface area contributed by atoms with E-state index in [1.165, 1.54) is 13.8 Å². The normalized spacial score (nSPS) is 9.36. The van der Waals surface area contributed by atoms with Gasteiger partial charge in [0.2, 0.25) is 0 Å². The third-order valence-corrected chi connectivity index (χ3v) is 1.38. The molecule has 0 rings (SSSR count). The molecule has 0 spiro atoms. The van der Waals surface area contributed by atoms with Gasteiger partial charge in [-0.3, -0.25) is 9.59 Å². The van der Waals surface area contributed by atoms with E-state index < -0.39 is 24.4 Å². The molecule has 6 nitrogen and oxygen atoms in total. The minimum Gasteiger partial charge on any atom is -0.385 e. The third-order valence-electron chi connectivity index (χ3n) is 1.38. The van der Waals surface area contributed by atoms with Crippen molar-refractivity contribution >= 4 is 17.8 Å². The van der Waals surface area contributed by atoms with Crippen molar-refractivity contribution < 1.29 is 24.3 Å². The van der Waals surface area contributed by atoms with Crippen LogP contribution in [-0.2, 0) is 19.2 Å². The first-order valence-corrected chi connectivity index (χ1v) is 4.24. The standard InChI is InChI=1S/C8H13NO5/c1-3-6(11)9(7(12)4-2)14-8(13)5-10/h10H,3-5H2,1-2H3. The van der Waals surface area contributed by atoms with E-state index in [-0.39, 0.29) is 12.8 Å². The van der Waals surface area contributed by atoms with Crippen molar-refractivity contribution in [3.05, 3.63) is 0 Å². The van der Waals surface area contributed by atoms with E-state index in [4.69, 9.17) is 5.11 Å². The Hall–Kier alpha value is -1.43. The van der Waals surface area contributed by atoms with Gasteiger partial charge in [0.25, 0.3) is 11.8 Å². The first-order valence-electron chi connectivity index (χ1n) is 4.24. The quantitative estimate of drug-likeness (QED) is 0.631. The molecule has 0 unspecified atom stereocenters. The van der Waals surface area contributed by atoms with Crippen LogP contribution < -0.4 is 0 Å². The maximum Gasteiger partial charge on any atom is 0.358 e. The van der Waals surface area contributed by atoms with Gasteiger partial charge in [0.05, 0.1) is 0 Å². The topological polar surface area (TPSA) is 83.9 Å². The van der Waals surface area contributed by atoms with Crippen molar-refractivity contribution in [1.29, 1.82) is 0 Å². The van der Waals surface area contributed by atoms with E-state index in [0.717, 1.165) is 0 Å². The maximum absolute atomic E-state index is 11.1. The predicted octanol–water partition coefficient (Wildman–Crippen LogP) is -0.388. The van der Waals surface area contributed by atoms with Gasteiger partial charge in [-0.1, -0.05) is 13.8 Å². The Bertz CT molecular complexity index is 222. The fourth-order valence-electron chi connectivity index (χ4n) is 0.659. The molecule has 0 fully saturated rings. The molecule has 0 aliphatic carbocycles. The van der Waals surface area contributed by atoms with Crippen LogP contribution in [0.25, 0.3) is 0 Å². The summed E-state index contributed by atoms with van der Waals surface area (Å²) in [7, 11) is 0. The lowest BCUT2D eigenvalue weighted by Gasteiger charge is -2.17. The SMILES string of the molecule is CCC(=O)N(OC(=O)CO)C(=O)CC. The molecule has 0 bridgehead atoms. The number of aliphatic hydroxyl groups excluding tert-OH is 1. The molecule has 0 radical (unpaired) electrons. The molecule has 2 amide bonds. The zero-order valence-electron chi connectivity index (χ0n) is 8.15. The number of hydrogen-bond donors (Lipinski definition) is 1. The largest absolute Gasteiger partial charge is 0.385 e. The second-order valence-electron chi connectivity index (χ2n) is 2.41. The number of amides is 2. The number of nitrogens with zero attached hydrogens (tertiary/aromatic N) is 1. The van der Waals surface area contributed by atoms with Crippen LogP contribution in [0.4, 0.5) is 0 Å². The van der Waals surface area contributed by atoms with Crippen LogP contribution in [0.2, 0.25) is 0 Å². The summed E-state index contributed by atoms with van der Waals surface area (Å²) in [5, 5.41) is 8.76. The average molecular weight is 203 g/mol. The lowest BCUT2D eigenvalue weighted by atomic mass is 10.4. The molecular weight excluding hydrogens is 190 g/mol. The molecular formula is C8H13NO5. The van der Waals surface area contributed by atoms with E-state index in [1.807, 2.05) is 0 Å². The van der Waals surface area contributed by atoms with Crippen molar-refractivity contribution in [2.45, 2.75) is 26.7 Å². The molecule has 0 aromatic rings. The van der Waals surface area contributed by atoms with Crippen molar-refractivity contribution in [1.82, 2.24) is 5.06 Å². The Balaban J connectivity index is 4.48. The summed E-state index contributed by atoms with van der Waals surface area (Å²) in [6, 6.07) is 0. The molecule has 0 heterocycles. The highest BCUT2D eigenvalue weighted by molar-refractivity contribution is 5.95. The zero-order chi connectivity index (χ0) is 11.1. The highest BCUT2D eigenvalue weighted by atomic mass is 16.7. The van der Waals surface area contributed by atoms with Crippen molar-refractivity contribution in [2.75, 3.05) is 6.61 Å². The number of aliphatic hydroxyl groups is 1. The average Bonchev–Trinajstić information content (AvgIpc) is 2.23. The summed E-state index contributed by atoms with van der Waals surface area (Å²) >= 11 is 0. The van der Waals surface area contributed by atoms with Crippen LogP contribution in [0.1, 0.15) is 26.7 Å². The highest BCUT2D eigenvalue weighted by Gasteiger charge is 2.22. The second-order valence-corrected chi connectivity index (χ2v) is 2.41. The zero-order valence-corrected chi connectivity index (χ0v) is 8.15. The van der Waals surface area contributed by atoms with Gasteiger partial charge in [-0.2, -0.15) is 0 Å². The van der Waals surface area contributed by atoms with E-state index in [1.54, 1.807) is 0 Å². The lowest BCUT2D eigenvalue weighted by Crippen LogP contribution is -2.38. The Morgan fingerprint density at radius 2 is 1.57 bits per heavy atom. The predicted molar refractivity (Wildman–Crippen MR) is 45.6 cm³/mol. The van der Waals surface area contributed by atoms with Gasteiger partial charge >= 0.3 is 5.97 Å². The Morgan fingerprint density at radius 3 is 1.86 bits per heavy atom. The summed E-state index contributed by atoms with van der Waals surface area (Å²) in [6.07, 6.45) is 0.0922. The molecule has 0 atom stereocenters. The molecule has 0 aliphatic heterocycles. The van der Waals surface area contributed by atoms with Crippen LogP contribution >= 0.6 is 0 Å². The second kappa shape index (κ2) is 6.09. The first kappa shape index (κ1) is 12.6. The van der Waals surface area contributed by atoms with E-state index >= 15 is 0 Å². The smallest absolute Gasteiger partial charge is 0.358 e. The number of carbonyl (C=O) groups excluding carboxylic acids is 3. The summed E-state index contributed by atoms with van der Waals surface area (Å²) in [5.74, 6) is -2.26. The summed E-state index contributed by atoms with van der Waals surface area (Å²) in [5.41, 5.74) is 0. The summed E-state index contributed by atoms with van der Waals surface area (Å²) in [6.45, 7) is 2.20. The van der Waals surface area contributed by atoms with Gasteiger partial charge in [-0.05, 0) is 0 Å². The molecule has 0 saturated heterocycles. The molecule has 1 N–H and O–H groups in total. The number of carbonyl (C=O) groups is 3. The first-order chi connectivity index (χ1) is 6.56. The molecule has 0 aromatic heterocycles. The van der Waals surface area contributed by atoms with Gasteiger partial charge in [-0.25, -0.2) is 4.79 Å². The van der Waals surface area contributed by atoms with Crippen molar-refractivity contribution in [3.8, 4) is 0 Å². The minimum atomic E-state index is -1.03. The van der Waals surface area contributed by atoms with Crippen LogP contribution in [0, 0.1) is 0 Å². The Kier molecular flexibility index (Phi) is 5.47. The summed E-state index contributed by atoms with van der Waals surface area (Å²) < 4.78 is 0. The van der Waals surface area contributed by atoms with E-state index in [0.29, 0.717) is 5.06 Å². The Labute approximate surface area is 81.4 Å². The third kappa shape index (κ3) is 3.53. The maximum atomic E-state index is 11.1. The molecule has 0 aliphatic rings. The number of hydroxylamine groups is 2. The number of hydrogen-bond acceptors (Lipinski definition) is 5. The van der Waals surface area contributed by atoms with Crippen molar-refractivity contribution in [2.24, 2.45) is 0 Å². The van der Waals surface area contributed by atoms with Gasteiger partial charge in [-0.15, -0.1) is 5.06 Å². The molecule has 14 heavy (non-hydrogen) atoms. The van der Waals surface area contributed by atoms with Crippen molar-refractivity contribution in [3.63, 3.8) is 0 Å². The fraction of sp³-hybridized carbons (Fsp3) is 0.625. The van der Waals surface area contributed by atoms with Crippen LogP contribution in [-0.4, -0.2) is 34.6 Å². The number of imide groups is 1. The van der Waals surface area contributed by atoms with Gasteiger partial charge in [0.1, 0.15) is 6.61 Å². The van der Waals surface area contributed by atoms with Gasteiger partial charge in [0.15, 0.2) is 0 Å². The monoisotopic (exact) mass is 203 g/mol. The highest BCUT2D eigenvalue weighted by Crippen LogP contribution is 2.00. The molecule has 0 saturated carbocycles. The molecule has 80 valence electrons. The van der Waals surface area contributed by atoms with Crippen LogP contribution in [0.15, 0.2) is 0 Å². The minimum absolute atomic E-state index is 0.0461. The van der Waals surface area contributed by atoms with E-state index in [2.05, 4.69) is 4.84 Å². The van der Waals surface area contributed by atoms with Crippen LogP contribution in [0.3, 0.4) is 0 Å². The molecule has 0 aromatic carbocycles. The molecule has 6 heteroatoms. The fourth-order valence-corrected chi connectivity index (χ4v) is 0.659. The number of rotatable bonds is 3. The summed E-state index contributed by atoms with van der Waals surface area (Å²) in [4.78, 5) is 37.2. The van der Waals surface area contributed by atoms with Crippen LogP contribution in [0.5, 0.6) is 0 Å². The van der Waals surface area contributed by atoms with Gasteiger partial charge in [0, 0.05) is 12.8 Å².